The summed E-state index contributed by atoms with van der Waals surface area (Å²) >= 11 is 6.10. The monoisotopic (exact) mass is 994 g/mol. The molecule has 2 amide bonds. The molecule has 15 nitrogen and oxygen atoms in total. The fourth-order valence-corrected chi connectivity index (χ4v) is 15.7. The van der Waals surface area contributed by atoms with E-state index < -0.39 is 60.7 Å². The van der Waals surface area contributed by atoms with E-state index in [0.29, 0.717) is 35.0 Å². The number of allylic oxidation sites excluding steroid dienone is 1. The van der Waals surface area contributed by atoms with E-state index in [0.717, 1.165) is 60.8 Å². The molecule has 1 aromatic carbocycles. The number of esters is 1. The summed E-state index contributed by atoms with van der Waals surface area (Å²) in [6.07, 6.45) is 6.87. The lowest BCUT2D eigenvalue weighted by Crippen LogP contribution is -2.68. The molecule has 1 aromatic heterocycles. The number of Topliss-reactive ketones (excluding diaryl/α,β-unsaturated/α-hetero) is 1. The van der Waals surface area contributed by atoms with Gasteiger partial charge in [-0.25, -0.2) is 9.25 Å². The number of hydrogen-bond acceptors (Lipinski definition) is 9. The molecule has 0 spiro atoms. The number of carbonyl (C=O) groups is 5. The van der Waals surface area contributed by atoms with Crippen LogP contribution < -0.4 is 10.6 Å². The summed E-state index contributed by atoms with van der Waals surface area (Å²) < 4.78 is 23.9. The van der Waals surface area contributed by atoms with Gasteiger partial charge in [0.25, 0.3) is 5.91 Å². The third kappa shape index (κ3) is 8.35. The van der Waals surface area contributed by atoms with Gasteiger partial charge in [-0.05, 0) is 146 Å². The lowest BCUT2D eigenvalue weighted by Gasteiger charge is -2.72. The summed E-state index contributed by atoms with van der Waals surface area (Å²) in [5, 5.41) is 20.8. The molecule has 17 heteroatoms. The van der Waals surface area contributed by atoms with Gasteiger partial charge in [-0.3, -0.25) is 28.5 Å². The standard InChI is InChI=1S/C52H72ClN4O11P/c1-28(2)40-36(58)26-52(55-45(63)48(7,8)54-42(59)35-25-34(29-12-14-30(53)15-13-29)56-57(35)27-67-69(64,65)66)23-22-50(10)31(41(40)52)16-17-38-49(9)20-19-39(47(5,6)37(49)18-21-51(38,50)11)68-44(62)33-24-32(43(60)61)46(33,3)4/h12-15,25,28,31-33,37-39H,16-24,26-27H2,1-11H3,(H,54,59)(H,55,63)(H,60,61)(H2,64,65,66)/t31-,32+,33-,37+,38-,39+,49+,50-,51-,52-/m1/s1. The molecule has 5 saturated carbocycles. The van der Waals surface area contributed by atoms with Gasteiger partial charge in [0, 0.05) is 22.4 Å². The smallest absolute Gasteiger partial charge is 0.471 e. The van der Waals surface area contributed by atoms with Crippen LogP contribution in [0, 0.1) is 62.6 Å². The Balaban J connectivity index is 1.03. The molecule has 5 fully saturated rings. The predicted octanol–water partition coefficient (Wildman–Crippen LogP) is 9.29. The van der Waals surface area contributed by atoms with E-state index in [2.05, 4.69) is 64.2 Å². The van der Waals surface area contributed by atoms with Gasteiger partial charge in [0.2, 0.25) is 5.91 Å². The van der Waals surface area contributed by atoms with Crippen molar-refractivity contribution >= 4 is 49.0 Å². The lowest BCUT2D eigenvalue weighted by molar-refractivity contribution is -0.235. The minimum atomic E-state index is -4.95. The maximum Gasteiger partial charge on any atom is 0.471 e. The lowest BCUT2D eigenvalue weighted by atomic mass is 9.33. The molecule has 6 aliphatic carbocycles. The number of ketones is 1. The van der Waals surface area contributed by atoms with Gasteiger partial charge in [0.05, 0.1) is 23.1 Å². The van der Waals surface area contributed by atoms with Crippen LogP contribution in [0.2, 0.25) is 5.02 Å². The highest BCUT2D eigenvalue weighted by Crippen LogP contribution is 2.76. The van der Waals surface area contributed by atoms with Crippen molar-refractivity contribution in [3.63, 3.8) is 0 Å². The average molecular weight is 996 g/mol. The summed E-state index contributed by atoms with van der Waals surface area (Å²) in [6, 6.07) is 8.12. The van der Waals surface area contributed by atoms with Gasteiger partial charge in [0.15, 0.2) is 12.5 Å². The fraction of sp³-hybridized carbons (Fsp3) is 0.692. The first kappa shape index (κ1) is 51.5. The second kappa shape index (κ2) is 17.1. The number of rotatable bonds is 12. The minimum Gasteiger partial charge on any atom is -0.481 e. The highest BCUT2D eigenvalue weighted by atomic mass is 35.5. The molecule has 0 bridgehead atoms. The van der Waals surface area contributed by atoms with E-state index in [9.17, 15) is 43.4 Å². The molecular formula is C52H72ClN4O11P. The van der Waals surface area contributed by atoms with Crippen LogP contribution in [0.25, 0.3) is 11.3 Å². The summed E-state index contributed by atoms with van der Waals surface area (Å²) in [4.78, 5) is 87.8. The maximum absolute atomic E-state index is 14.8. The maximum atomic E-state index is 14.8. The summed E-state index contributed by atoms with van der Waals surface area (Å²) in [5.74, 6) is -2.72. The van der Waals surface area contributed by atoms with Gasteiger partial charge >= 0.3 is 19.8 Å². The number of halogens is 1. The van der Waals surface area contributed by atoms with Gasteiger partial charge in [-0.1, -0.05) is 86.0 Å². The molecule has 378 valence electrons. The van der Waals surface area contributed by atoms with E-state index in [1.165, 1.54) is 6.07 Å². The van der Waals surface area contributed by atoms with Crippen molar-refractivity contribution < 1.29 is 52.7 Å². The van der Waals surface area contributed by atoms with Crippen molar-refractivity contribution in [2.75, 3.05) is 0 Å². The number of ether oxygens (including phenoxy) is 1. The number of nitrogens with one attached hydrogen (secondary N) is 2. The van der Waals surface area contributed by atoms with E-state index >= 15 is 0 Å². The Bertz CT molecular complexity index is 2550. The Morgan fingerprint density at radius 3 is 2.17 bits per heavy atom. The van der Waals surface area contributed by atoms with Crippen LogP contribution in [0.5, 0.6) is 0 Å². The number of carboxylic acids is 1. The van der Waals surface area contributed by atoms with E-state index in [1.54, 1.807) is 38.1 Å². The number of nitrogens with zero attached hydrogens (tertiary/aromatic N) is 2. The van der Waals surface area contributed by atoms with Gasteiger partial charge < -0.3 is 30.3 Å². The normalized spacial score (nSPS) is 34.7. The molecule has 10 atom stereocenters. The highest BCUT2D eigenvalue weighted by molar-refractivity contribution is 7.46. The molecule has 5 N–H and O–H groups in total. The molecule has 2 aromatic rings. The van der Waals surface area contributed by atoms with Crippen molar-refractivity contribution in [3.8, 4) is 11.3 Å². The number of phosphoric acid groups is 1. The van der Waals surface area contributed by atoms with Crippen LogP contribution in [0.15, 0.2) is 41.5 Å². The van der Waals surface area contributed by atoms with Crippen LogP contribution >= 0.6 is 19.4 Å². The second-order valence-electron chi connectivity index (χ2n) is 24.3. The zero-order chi connectivity index (χ0) is 50.8. The number of carboxylic acid groups (broad SMARTS) is 1. The molecule has 0 unspecified atom stereocenters. The third-order valence-electron chi connectivity index (χ3n) is 19.3. The first-order valence-electron chi connectivity index (χ1n) is 24.7. The van der Waals surface area contributed by atoms with Crippen LogP contribution in [-0.2, 0) is 39.7 Å². The highest BCUT2D eigenvalue weighted by Gasteiger charge is 2.71. The SMILES string of the molecule is CC(C)C1=C2[C@H]3CC[C@@H]4[C@@]5(C)CC[C@H](OC(=O)[C@H]6C[C@@H](C(=O)O)C6(C)C)C(C)(C)[C@@H]5CC[C@@]4(C)[C@]3(C)CC[C@@]2(NC(=O)C(C)(C)NC(=O)c2cc(-c3ccc(Cl)cc3)nn2COP(=O)(O)O)CC1=O. The predicted molar refractivity (Wildman–Crippen MR) is 258 cm³/mol. The third-order valence-corrected chi connectivity index (χ3v) is 20.0. The molecular weight excluding hydrogens is 923 g/mol. The van der Waals surface area contributed by atoms with Gasteiger partial charge in [-0.2, -0.15) is 5.10 Å². The van der Waals surface area contributed by atoms with Crippen LogP contribution in [0.1, 0.15) is 151 Å². The van der Waals surface area contributed by atoms with Crippen molar-refractivity contribution in [1.82, 2.24) is 20.4 Å². The molecule has 0 aliphatic heterocycles. The quantitative estimate of drug-likeness (QED) is 0.0992. The number of phosphoric ester groups is 1. The number of amides is 2. The summed E-state index contributed by atoms with van der Waals surface area (Å²) in [6.45, 7) is 22.1. The molecule has 69 heavy (non-hydrogen) atoms. The summed E-state index contributed by atoms with van der Waals surface area (Å²) in [5.41, 5.74) is -1.16. The van der Waals surface area contributed by atoms with Crippen molar-refractivity contribution in [2.24, 2.45) is 62.6 Å². The van der Waals surface area contributed by atoms with E-state index in [-0.39, 0.29) is 69.4 Å². The zero-order valence-electron chi connectivity index (χ0n) is 42.0. The number of hydrogen-bond donors (Lipinski definition) is 5. The number of benzene rings is 1. The first-order valence-corrected chi connectivity index (χ1v) is 26.6. The van der Waals surface area contributed by atoms with Gasteiger partial charge in [0.1, 0.15) is 17.3 Å². The Labute approximate surface area is 410 Å². The molecule has 8 rings (SSSR count). The minimum absolute atomic E-state index is 0.0231. The average Bonchev–Trinajstić information content (AvgIpc) is 3.79. The van der Waals surface area contributed by atoms with Crippen molar-refractivity contribution in [3.05, 3.63) is 52.2 Å². The molecule has 6 aliphatic rings. The number of carbonyl (C=O) groups excluding carboxylic acids is 4. The second-order valence-corrected chi connectivity index (χ2v) is 25.9. The zero-order valence-corrected chi connectivity index (χ0v) is 43.7. The summed E-state index contributed by atoms with van der Waals surface area (Å²) in [7, 11) is -4.95. The number of aliphatic carboxylic acids is 1. The van der Waals surface area contributed by atoms with Gasteiger partial charge in [-0.15, -0.1) is 0 Å². The Morgan fingerprint density at radius 2 is 1.57 bits per heavy atom. The Kier molecular flexibility index (Phi) is 12.8. The van der Waals surface area contributed by atoms with Crippen LogP contribution in [0.3, 0.4) is 0 Å². The molecule has 0 saturated heterocycles. The van der Waals surface area contributed by atoms with Crippen molar-refractivity contribution in [1.29, 1.82) is 0 Å². The first-order chi connectivity index (χ1) is 31.8. The number of aromatic nitrogens is 2. The van der Waals surface area contributed by atoms with Crippen molar-refractivity contribution in [2.45, 2.75) is 164 Å². The molecule has 1 heterocycles. The Morgan fingerprint density at radius 1 is 0.899 bits per heavy atom. The Hall–Kier alpha value is -3.88. The van der Waals surface area contributed by atoms with Crippen LogP contribution in [-0.4, -0.2) is 71.4 Å². The largest absolute Gasteiger partial charge is 0.481 e. The fourth-order valence-electron chi connectivity index (χ4n) is 15.3. The topological polar surface area (TPSA) is 223 Å². The van der Waals surface area contributed by atoms with E-state index in [4.69, 9.17) is 20.9 Å². The molecule has 0 radical (unpaired) electrons. The van der Waals surface area contributed by atoms with Crippen LogP contribution in [0.4, 0.5) is 0 Å². The van der Waals surface area contributed by atoms with E-state index in [1.807, 2.05) is 13.8 Å². The number of fused-ring (bicyclic) bond motifs is 7.